The molecule has 0 bridgehead atoms. The Morgan fingerprint density at radius 3 is 2.95 bits per heavy atom. The maximum absolute atomic E-state index is 13.7. The number of halogens is 2. The van der Waals surface area contributed by atoms with Gasteiger partial charge in [0.2, 0.25) is 0 Å². The SMILES string of the molecule is CC[C@@H]1CNCCN1C(=O)OCc1cc(OC)ccc1F.Cl. The lowest BCUT2D eigenvalue weighted by Crippen LogP contribution is -2.53. The van der Waals surface area contributed by atoms with Gasteiger partial charge in [-0.2, -0.15) is 0 Å². The number of nitrogens with zero attached hydrogens (tertiary/aromatic N) is 1. The summed E-state index contributed by atoms with van der Waals surface area (Å²) in [5, 5.41) is 3.24. The highest BCUT2D eigenvalue weighted by molar-refractivity contribution is 5.85. The van der Waals surface area contributed by atoms with Crippen LogP contribution < -0.4 is 10.1 Å². The van der Waals surface area contributed by atoms with E-state index in [1.54, 1.807) is 4.90 Å². The van der Waals surface area contributed by atoms with Gasteiger partial charge in [-0.05, 0) is 24.6 Å². The summed E-state index contributed by atoms with van der Waals surface area (Å²) in [5.74, 6) is 0.131. The van der Waals surface area contributed by atoms with Gasteiger partial charge in [-0.3, -0.25) is 0 Å². The topological polar surface area (TPSA) is 50.8 Å². The third-order valence-electron chi connectivity index (χ3n) is 3.66. The largest absolute Gasteiger partial charge is 0.497 e. The first-order chi connectivity index (χ1) is 10.2. The second-order valence-electron chi connectivity index (χ2n) is 4.97. The van der Waals surface area contributed by atoms with E-state index in [4.69, 9.17) is 9.47 Å². The molecule has 1 aliphatic heterocycles. The van der Waals surface area contributed by atoms with Crippen LogP contribution in [0.2, 0.25) is 0 Å². The van der Waals surface area contributed by atoms with Gasteiger partial charge in [-0.1, -0.05) is 6.92 Å². The van der Waals surface area contributed by atoms with E-state index in [0.29, 0.717) is 17.9 Å². The number of piperazine rings is 1. The molecular formula is C15H22ClFN2O3. The van der Waals surface area contributed by atoms with Gasteiger partial charge < -0.3 is 19.7 Å². The second-order valence-corrected chi connectivity index (χ2v) is 4.97. The van der Waals surface area contributed by atoms with Gasteiger partial charge in [0.25, 0.3) is 0 Å². The number of carbonyl (C=O) groups excluding carboxylic acids is 1. The maximum atomic E-state index is 13.7. The van der Waals surface area contributed by atoms with Crippen LogP contribution in [0.25, 0.3) is 0 Å². The molecule has 0 unspecified atom stereocenters. The van der Waals surface area contributed by atoms with Crippen molar-refractivity contribution in [3.63, 3.8) is 0 Å². The molecule has 0 aromatic heterocycles. The van der Waals surface area contributed by atoms with E-state index in [-0.39, 0.29) is 25.1 Å². The number of ether oxygens (including phenoxy) is 2. The lowest BCUT2D eigenvalue weighted by atomic mass is 10.1. The molecule has 1 aromatic carbocycles. The molecule has 1 aromatic rings. The number of hydrogen-bond donors (Lipinski definition) is 1. The zero-order valence-corrected chi connectivity index (χ0v) is 13.6. The first-order valence-electron chi connectivity index (χ1n) is 7.12. The highest BCUT2D eigenvalue weighted by Crippen LogP contribution is 2.18. The van der Waals surface area contributed by atoms with E-state index in [2.05, 4.69) is 5.32 Å². The zero-order valence-electron chi connectivity index (χ0n) is 12.8. The number of benzene rings is 1. The lowest BCUT2D eigenvalue weighted by Gasteiger charge is -2.34. The van der Waals surface area contributed by atoms with Crippen molar-refractivity contribution >= 4 is 18.5 Å². The Balaban J connectivity index is 0.00000242. The normalized spacial score (nSPS) is 17.6. The van der Waals surface area contributed by atoms with E-state index in [1.807, 2.05) is 6.92 Å². The molecule has 1 saturated heterocycles. The molecular weight excluding hydrogens is 311 g/mol. The van der Waals surface area contributed by atoms with Gasteiger partial charge in [0.05, 0.1) is 7.11 Å². The van der Waals surface area contributed by atoms with Crippen molar-refractivity contribution in [3.05, 3.63) is 29.6 Å². The van der Waals surface area contributed by atoms with Crippen molar-refractivity contribution in [1.82, 2.24) is 10.2 Å². The average Bonchev–Trinajstić information content (AvgIpc) is 2.53. The lowest BCUT2D eigenvalue weighted by molar-refractivity contribution is 0.0706. The summed E-state index contributed by atoms with van der Waals surface area (Å²) in [5.41, 5.74) is 0.311. The molecule has 1 atom stereocenters. The Kier molecular flexibility index (Phi) is 7.41. The van der Waals surface area contributed by atoms with Crippen LogP contribution in [-0.2, 0) is 11.3 Å². The molecule has 7 heteroatoms. The molecule has 1 amide bonds. The van der Waals surface area contributed by atoms with Crippen molar-refractivity contribution in [1.29, 1.82) is 0 Å². The summed E-state index contributed by atoms with van der Waals surface area (Å²) in [6.45, 7) is 4.05. The fraction of sp³-hybridized carbons (Fsp3) is 0.533. The third kappa shape index (κ3) is 4.48. The van der Waals surface area contributed by atoms with E-state index < -0.39 is 11.9 Å². The Morgan fingerprint density at radius 1 is 1.50 bits per heavy atom. The smallest absolute Gasteiger partial charge is 0.410 e. The molecule has 124 valence electrons. The molecule has 22 heavy (non-hydrogen) atoms. The molecule has 5 nitrogen and oxygen atoms in total. The van der Waals surface area contributed by atoms with Crippen LogP contribution in [0.4, 0.5) is 9.18 Å². The average molecular weight is 333 g/mol. The molecule has 2 rings (SSSR count). The summed E-state index contributed by atoms with van der Waals surface area (Å²) >= 11 is 0. The Labute approximate surface area is 136 Å². The molecule has 1 N–H and O–H groups in total. The number of nitrogens with one attached hydrogen (secondary N) is 1. The molecule has 1 fully saturated rings. The van der Waals surface area contributed by atoms with Gasteiger partial charge in [-0.25, -0.2) is 9.18 Å². The Hall–Kier alpha value is -1.53. The Morgan fingerprint density at radius 2 is 2.27 bits per heavy atom. The molecule has 0 aliphatic carbocycles. The third-order valence-corrected chi connectivity index (χ3v) is 3.66. The highest BCUT2D eigenvalue weighted by atomic mass is 35.5. The minimum atomic E-state index is -0.407. The molecule has 0 saturated carbocycles. The van der Waals surface area contributed by atoms with Crippen LogP contribution in [0.5, 0.6) is 5.75 Å². The van der Waals surface area contributed by atoms with Crippen molar-refractivity contribution in [2.75, 3.05) is 26.7 Å². The molecule has 1 aliphatic rings. The minimum absolute atomic E-state index is 0. The van der Waals surface area contributed by atoms with Crippen LogP contribution in [0.15, 0.2) is 18.2 Å². The summed E-state index contributed by atoms with van der Waals surface area (Å²) in [6, 6.07) is 4.50. The predicted octanol–water partition coefficient (Wildman–Crippen LogP) is 2.58. The number of amides is 1. The monoisotopic (exact) mass is 332 g/mol. The van der Waals surface area contributed by atoms with Crippen molar-refractivity contribution in [2.45, 2.75) is 26.0 Å². The predicted molar refractivity (Wildman–Crippen MR) is 84.0 cm³/mol. The molecule has 0 spiro atoms. The van der Waals surface area contributed by atoms with E-state index in [1.165, 1.54) is 25.3 Å². The standard InChI is InChI=1S/C15H21FN2O3.ClH/c1-3-12-9-17-6-7-18(12)15(19)21-10-11-8-13(20-2)4-5-14(11)16;/h4-5,8,12,17H,3,6-7,9-10H2,1-2H3;1H/t12-;/m1./s1. The maximum Gasteiger partial charge on any atom is 0.410 e. The summed E-state index contributed by atoms with van der Waals surface area (Å²) < 4.78 is 24.0. The van der Waals surface area contributed by atoms with Gasteiger partial charge in [0.15, 0.2) is 0 Å². The van der Waals surface area contributed by atoms with E-state index in [0.717, 1.165) is 19.5 Å². The van der Waals surface area contributed by atoms with Gasteiger partial charge in [0.1, 0.15) is 18.2 Å². The molecule has 1 heterocycles. The van der Waals surface area contributed by atoms with Crippen molar-refractivity contribution < 1.29 is 18.7 Å². The number of carbonyl (C=O) groups is 1. The quantitative estimate of drug-likeness (QED) is 0.920. The summed E-state index contributed by atoms with van der Waals surface area (Å²) in [4.78, 5) is 13.8. The number of methoxy groups -OCH3 is 1. The number of hydrogen-bond acceptors (Lipinski definition) is 4. The highest BCUT2D eigenvalue weighted by Gasteiger charge is 2.26. The van der Waals surface area contributed by atoms with Crippen LogP contribution in [0, 0.1) is 5.82 Å². The van der Waals surface area contributed by atoms with Crippen molar-refractivity contribution in [2.24, 2.45) is 0 Å². The van der Waals surface area contributed by atoms with Crippen LogP contribution in [0.1, 0.15) is 18.9 Å². The van der Waals surface area contributed by atoms with Gasteiger partial charge in [-0.15, -0.1) is 12.4 Å². The van der Waals surface area contributed by atoms with Crippen LogP contribution in [0.3, 0.4) is 0 Å². The number of rotatable bonds is 4. The fourth-order valence-electron chi connectivity index (χ4n) is 2.38. The van der Waals surface area contributed by atoms with Crippen LogP contribution >= 0.6 is 12.4 Å². The Bertz CT molecular complexity index is 502. The van der Waals surface area contributed by atoms with Gasteiger partial charge >= 0.3 is 6.09 Å². The second kappa shape index (κ2) is 8.80. The first kappa shape index (κ1) is 18.5. The van der Waals surface area contributed by atoms with E-state index in [9.17, 15) is 9.18 Å². The van der Waals surface area contributed by atoms with Crippen LogP contribution in [-0.4, -0.2) is 43.8 Å². The van der Waals surface area contributed by atoms with Crippen molar-refractivity contribution in [3.8, 4) is 5.75 Å². The summed E-state index contributed by atoms with van der Waals surface area (Å²) in [7, 11) is 1.51. The first-order valence-corrected chi connectivity index (χ1v) is 7.12. The van der Waals surface area contributed by atoms with Gasteiger partial charge in [0, 0.05) is 31.2 Å². The zero-order chi connectivity index (χ0) is 15.2. The van der Waals surface area contributed by atoms with E-state index >= 15 is 0 Å². The summed E-state index contributed by atoms with van der Waals surface area (Å²) in [6.07, 6.45) is 0.459. The fourth-order valence-corrected chi connectivity index (χ4v) is 2.38. The minimum Gasteiger partial charge on any atom is -0.497 e. The molecule has 0 radical (unpaired) electrons.